The maximum absolute atomic E-state index is 10.5. The zero-order chi connectivity index (χ0) is 32.1. The quantitative estimate of drug-likeness (QED) is 0.216. The van der Waals surface area contributed by atoms with Gasteiger partial charge >= 0.3 is 5.97 Å². The molecule has 236 valence electrons. The van der Waals surface area contributed by atoms with Gasteiger partial charge in [-0.1, -0.05) is 46.2 Å². The molecule has 1 aliphatic heterocycles. The lowest BCUT2D eigenvalue weighted by atomic mass is 10.2. The Labute approximate surface area is 250 Å². The molecule has 0 unspecified atom stereocenters. The molecular weight excluding hydrogens is 538 g/mol. The number of aromatic nitrogens is 2. The highest BCUT2D eigenvalue weighted by Crippen LogP contribution is 2.34. The van der Waals surface area contributed by atoms with E-state index in [4.69, 9.17) is 24.2 Å². The molecule has 0 saturated carbocycles. The van der Waals surface area contributed by atoms with Crippen LogP contribution in [0.5, 0.6) is 0 Å². The summed E-state index contributed by atoms with van der Waals surface area (Å²) in [6.45, 7) is 19.3. The van der Waals surface area contributed by atoms with Crippen LogP contribution >= 0.6 is 0 Å². The summed E-state index contributed by atoms with van der Waals surface area (Å²) in [6, 6.07) is 7.90. The van der Waals surface area contributed by atoms with E-state index in [0.717, 1.165) is 59.6 Å². The molecule has 1 N–H and O–H groups in total. The number of hydrogen-bond donors (Lipinski definition) is 1. The highest BCUT2D eigenvalue weighted by Gasteiger charge is 2.22. The van der Waals surface area contributed by atoms with Crippen LogP contribution in [-0.4, -0.2) is 65.2 Å². The van der Waals surface area contributed by atoms with E-state index in [-0.39, 0.29) is 18.0 Å². The van der Waals surface area contributed by atoms with Crippen LogP contribution in [0.1, 0.15) is 93.8 Å². The number of ketones is 1. The van der Waals surface area contributed by atoms with E-state index in [1.807, 2.05) is 58.9 Å². The Morgan fingerprint density at radius 2 is 1.64 bits per heavy atom. The molecule has 42 heavy (non-hydrogen) atoms. The van der Waals surface area contributed by atoms with Crippen molar-refractivity contribution in [3.63, 3.8) is 0 Å². The summed E-state index contributed by atoms with van der Waals surface area (Å²) < 4.78 is 15.7. The molecule has 10 nitrogen and oxygen atoms in total. The summed E-state index contributed by atoms with van der Waals surface area (Å²) in [7, 11) is 0. The number of carboxylic acid groups (broad SMARTS) is 1. The Morgan fingerprint density at radius 1 is 1.07 bits per heavy atom. The van der Waals surface area contributed by atoms with Crippen molar-refractivity contribution in [2.45, 2.75) is 100 Å². The van der Waals surface area contributed by atoms with Crippen LogP contribution in [0, 0.1) is 0 Å². The van der Waals surface area contributed by atoms with Crippen molar-refractivity contribution < 1.29 is 33.4 Å². The number of carbonyl (C=O) groups excluding carboxylic acids is 2. The largest absolute Gasteiger partial charge is 0.480 e. The highest BCUT2D eigenvalue weighted by atomic mass is 16.5. The van der Waals surface area contributed by atoms with Gasteiger partial charge in [0.05, 0.1) is 0 Å². The molecule has 3 heterocycles. The molecule has 3 aromatic rings. The van der Waals surface area contributed by atoms with Gasteiger partial charge in [-0.3, -0.25) is 4.79 Å². The first-order valence-electron chi connectivity index (χ1n) is 14.7. The van der Waals surface area contributed by atoms with E-state index in [0.29, 0.717) is 25.9 Å². The van der Waals surface area contributed by atoms with Crippen LogP contribution in [-0.2, 0) is 30.3 Å². The van der Waals surface area contributed by atoms with Gasteiger partial charge in [-0.05, 0) is 66.0 Å². The number of hydrogen-bond acceptors (Lipinski definition) is 9. The van der Waals surface area contributed by atoms with Crippen molar-refractivity contribution in [1.82, 2.24) is 9.97 Å². The molecule has 0 aliphatic carbocycles. The average molecular weight is 590 g/mol. The molecule has 0 atom stereocenters. The summed E-state index contributed by atoms with van der Waals surface area (Å²) >= 11 is 0. The predicted octanol–water partition coefficient (Wildman–Crippen LogP) is 7.01. The van der Waals surface area contributed by atoms with Crippen molar-refractivity contribution in [3.05, 3.63) is 30.1 Å². The molecule has 1 aromatic carbocycles. The summed E-state index contributed by atoms with van der Waals surface area (Å²) in [5, 5.41) is 9.61. The second-order valence-corrected chi connectivity index (χ2v) is 10.4. The Kier molecular flexibility index (Phi) is 19.4. The van der Waals surface area contributed by atoms with Crippen LogP contribution in [0.25, 0.3) is 22.1 Å². The minimum Gasteiger partial charge on any atom is -0.480 e. The van der Waals surface area contributed by atoms with Crippen LogP contribution < -0.4 is 4.90 Å². The van der Waals surface area contributed by atoms with Gasteiger partial charge in [-0.15, -0.1) is 0 Å². The number of fused-ring (bicyclic) bond motifs is 3. The summed E-state index contributed by atoms with van der Waals surface area (Å²) in [6.07, 6.45) is 4.87. The van der Waals surface area contributed by atoms with Crippen molar-refractivity contribution in [2.75, 3.05) is 31.2 Å². The lowest BCUT2D eigenvalue weighted by molar-refractivity contribution is -0.142. The number of rotatable bonds is 8. The van der Waals surface area contributed by atoms with Gasteiger partial charge in [0.2, 0.25) is 0 Å². The van der Waals surface area contributed by atoms with Gasteiger partial charge in [-0.25, -0.2) is 14.8 Å². The van der Waals surface area contributed by atoms with Crippen molar-refractivity contribution in [2.24, 2.45) is 0 Å². The van der Waals surface area contributed by atoms with E-state index < -0.39 is 5.97 Å². The lowest BCUT2D eigenvalue weighted by Gasteiger charge is -2.17. The molecule has 0 spiro atoms. The minimum atomic E-state index is -0.955. The normalized spacial score (nSPS) is 12.0. The summed E-state index contributed by atoms with van der Waals surface area (Å²) in [4.78, 5) is 41.3. The van der Waals surface area contributed by atoms with Crippen molar-refractivity contribution >= 4 is 46.1 Å². The molecule has 0 bridgehead atoms. The number of Topliss-reactive ketones (excluding diaryl/α,β-unsaturated/α-hetero) is 1. The fourth-order valence-corrected chi connectivity index (χ4v) is 3.51. The van der Waals surface area contributed by atoms with Gasteiger partial charge in [0.1, 0.15) is 34.9 Å². The van der Waals surface area contributed by atoms with Gasteiger partial charge in [0, 0.05) is 31.5 Å². The minimum absolute atomic E-state index is 0.167. The fourth-order valence-electron chi connectivity index (χ4n) is 3.51. The first-order chi connectivity index (χ1) is 19.9. The molecule has 0 amide bonds. The first kappa shape index (κ1) is 38.5. The smallest absolute Gasteiger partial charge is 0.329 e. The highest BCUT2D eigenvalue weighted by molar-refractivity contribution is 6.05. The van der Waals surface area contributed by atoms with Crippen molar-refractivity contribution in [1.29, 1.82) is 0 Å². The third-order valence-corrected chi connectivity index (χ3v) is 4.97. The maximum Gasteiger partial charge on any atom is 0.329 e. The Bertz CT molecular complexity index is 1190. The number of para-hydroxylation sites is 1. The van der Waals surface area contributed by atoms with Crippen molar-refractivity contribution in [3.8, 4) is 0 Å². The number of anilines is 1. The topological polar surface area (TPSA) is 132 Å². The third kappa shape index (κ3) is 15.5. The van der Waals surface area contributed by atoms with E-state index in [1.165, 1.54) is 20.3 Å². The zero-order valence-electron chi connectivity index (χ0n) is 27.0. The van der Waals surface area contributed by atoms with Crippen LogP contribution in [0.3, 0.4) is 0 Å². The Balaban J connectivity index is 0.000000877. The molecule has 2 aromatic heterocycles. The molecule has 1 saturated heterocycles. The first-order valence-corrected chi connectivity index (χ1v) is 14.7. The van der Waals surface area contributed by atoms with E-state index in [9.17, 15) is 14.4 Å². The number of nitrogens with zero attached hydrogens (tertiary/aromatic N) is 3. The molecule has 0 radical (unpaired) electrons. The standard InChI is InChI=1S/C19H21N3O4.C5H10O2.C3H6O.C3H8.C2H6/c23-16(24)12-25-11-5-8-15-20-17-13-6-1-2-7-14(13)26-18(17)19(21-15)22-9-3-4-10-22;1-5(2,3)7-4-6;1-3(2)4;1-3-2;1-2/h1-2,6-7H,3-5,8-12H2,(H,23,24);4H,1-3H3;1-2H3;3H2,1-2H3;1-2H3. The third-order valence-electron chi connectivity index (χ3n) is 4.97. The van der Waals surface area contributed by atoms with E-state index >= 15 is 0 Å². The fraction of sp³-hybridized carbons (Fsp3) is 0.594. The van der Waals surface area contributed by atoms with Crippen LogP contribution in [0.2, 0.25) is 0 Å². The average Bonchev–Trinajstić information content (AvgIpc) is 3.58. The van der Waals surface area contributed by atoms with Gasteiger partial charge < -0.3 is 28.7 Å². The molecule has 1 aliphatic rings. The van der Waals surface area contributed by atoms with Gasteiger partial charge in [-0.2, -0.15) is 0 Å². The van der Waals surface area contributed by atoms with Crippen LogP contribution in [0.15, 0.2) is 28.7 Å². The van der Waals surface area contributed by atoms with Gasteiger partial charge in [0.15, 0.2) is 11.4 Å². The summed E-state index contributed by atoms with van der Waals surface area (Å²) in [5.41, 5.74) is 2.10. The van der Waals surface area contributed by atoms with Gasteiger partial charge in [0.25, 0.3) is 6.47 Å². The number of carboxylic acids is 1. The number of aliphatic carboxylic acids is 1. The monoisotopic (exact) mass is 589 g/mol. The second kappa shape index (κ2) is 21.2. The maximum atomic E-state index is 10.5. The number of furan rings is 1. The van der Waals surface area contributed by atoms with Crippen LogP contribution in [0.4, 0.5) is 5.82 Å². The molecule has 1 fully saturated rings. The lowest BCUT2D eigenvalue weighted by Crippen LogP contribution is -2.20. The summed E-state index contributed by atoms with van der Waals surface area (Å²) in [5.74, 6) is 0.818. The zero-order valence-corrected chi connectivity index (χ0v) is 27.0. The SMILES string of the molecule is CC.CC(C)(C)OC=O.CC(C)=O.CCC.O=C(O)COCCCc1nc(N2CCCC2)c2oc3ccccc3c2n1. The number of benzene rings is 1. The predicted molar refractivity (Wildman–Crippen MR) is 168 cm³/mol. The Hall–Kier alpha value is -3.53. The molecule has 4 rings (SSSR count). The number of aryl methyl sites for hydroxylation is 1. The molecule has 10 heteroatoms. The molecular formula is C32H51N3O7. The number of ether oxygens (including phenoxy) is 2. The number of carbonyl (C=O) groups is 3. The Morgan fingerprint density at radius 3 is 2.14 bits per heavy atom. The van der Waals surface area contributed by atoms with E-state index in [1.54, 1.807) is 0 Å². The van der Waals surface area contributed by atoms with E-state index in [2.05, 4.69) is 23.5 Å². The second-order valence-electron chi connectivity index (χ2n) is 10.4.